The molecule has 0 spiro atoms. The van der Waals surface area contributed by atoms with Crippen molar-refractivity contribution in [1.29, 1.82) is 0 Å². The van der Waals surface area contributed by atoms with Crippen LogP contribution in [0.15, 0.2) is 9.95 Å². The van der Waals surface area contributed by atoms with Crippen molar-refractivity contribution in [3.63, 3.8) is 0 Å². The third kappa shape index (κ3) is 3.79. The molecule has 3 heterocycles. The van der Waals surface area contributed by atoms with Crippen molar-refractivity contribution in [2.24, 2.45) is 5.92 Å². The van der Waals surface area contributed by atoms with Crippen molar-refractivity contribution >= 4 is 39.2 Å². The highest BCUT2D eigenvalue weighted by atomic mass is 32.2. The number of rotatable bonds is 5. The maximum absolute atomic E-state index is 13.4. The Hall–Kier alpha value is -1.38. The average molecular weight is 408 g/mol. The van der Waals surface area contributed by atoms with Crippen molar-refractivity contribution in [3.8, 4) is 0 Å². The Morgan fingerprint density at radius 1 is 1.44 bits per heavy atom. The van der Waals surface area contributed by atoms with Crippen molar-refractivity contribution in [1.82, 2.24) is 14.9 Å². The van der Waals surface area contributed by atoms with Crippen LogP contribution in [-0.4, -0.2) is 41.0 Å². The number of hydrogen-bond donors (Lipinski definition) is 1. The molecule has 146 valence electrons. The molecule has 2 aromatic heterocycles. The van der Waals surface area contributed by atoms with Crippen molar-refractivity contribution in [2.75, 3.05) is 19.4 Å². The number of aryl methyl sites for hydroxylation is 1. The van der Waals surface area contributed by atoms with Crippen LogP contribution in [0.4, 0.5) is 0 Å². The van der Waals surface area contributed by atoms with Crippen LogP contribution in [0.1, 0.15) is 36.6 Å². The smallest absolute Gasteiger partial charge is 0.263 e. The summed E-state index contributed by atoms with van der Waals surface area (Å²) < 4.78 is 7.51. The summed E-state index contributed by atoms with van der Waals surface area (Å²) in [6.07, 6.45) is 5.15. The van der Waals surface area contributed by atoms with Gasteiger partial charge >= 0.3 is 0 Å². The van der Waals surface area contributed by atoms with E-state index in [1.165, 1.54) is 22.2 Å². The van der Waals surface area contributed by atoms with E-state index in [1.54, 1.807) is 23.0 Å². The second kappa shape index (κ2) is 7.93. The van der Waals surface area contributed by atoms with E-state index >= 15 is 0 Å². The lowest BCUT2D eigenvalue weighted by Crippen LogP contribution is -2.29. The SMILES string of the molecule is CNC(=O)CSc1nc2sc3c(c2c(=O)n1C[C@@H]1CCCO1)CC[C@H](C)C3. The summed E-state index contributed by atoms with van der Waals surface area (Å²) >= 11 is 2.98. The fourth-order valence-electron chi connectivity index (χ4n) is 3.87. The highest BCUT2D eigenvalue weighted by molar-refractivity contribution is 7.99. The third-order valence-electron chi connectivity index (χ3n) is 5.40. The Bertz CT molecular complexity index is 915. The molecule has 0 radical (unpaired) electrons. The number of fused-ring (bicyclic) bond motifs is 3. The van der Waals surface area contributed by atoms with Gasteiger partial charge in [0.1, 0.15) is 4.83 Å². The third-order valence-corrected chi connectivity index (χ3v) is 7.53. The summed E-state index contributed by atoms with van der Waals surface area (Å²) in [6, 6.07) is 0. The molecule has 4 rings (SSSR count). The fourth-order valence-corrected chi connectivity index (χ4v) is 6.17. The van der Waals surface area contributed by atoms with E-state index in [4.69, 9.17) is 9.72 Å². The lowest BCUT2D eigenvalue weighted by molar-refractivity contribution is -0.118. The molecule has 1 fully saturated rings. The molecule has 0 saturated carbocycles. The molecule has 1 N–H and O–H groups in total. The van der Waals surface area contributed by atoms with Gasteiger partial charge in [-0.05, 0) is 43.6 Å². The molecule has 0 bridgehead atoms. The first-order valence-corrected chi connectivity index (χ1v) is 11.4. The summed E-state index contributed by atoms with van der Waals surface area (Å²) in [6.45, 7) is 3.53. The van der Waals surface area contributed by atoms with Gasteiger partial charge in [-0.25, -0.2) is 4.98 Å². The van der Waals surface area contributed by atoms with Crippen LogP contribution in [-0.2, 0) is 28.9 Å². The van der Waals surface area contributed by atoms with Crippen LogP contribution >= 0.6 is 23.1 Å². The number of thioether (sulfide) groups is 1. The summed E-state index contributed by atoms with van der Waals surface area (Å²) in [4.78, 5) is 32.1. The monoisotopic (exact) mass is 407 g/mol. The zero-order valence-corrected chi connectivity index (χ0v) is 17.4. The van der Waals surface area contributed by atoms with Gasteiger partial charge in [0.05, 0.1) is 23.8 Å². The Morgan fingerprint density at radius 3 is 3.04 bits per heavy atom. The molecule has 6 nitrogen and oxygen atoms in total. The topological polar surface area (TPSA) is 73.2 Å². The molecular weight excluding hydrogens is 382 g/mol. The average Bonchev–Trinajstić information content (AvgIpc) is 3.29. The minimum absolute atomic E-state index is 0.0296. The number of carbonyl (C=O) groups is 1. The van der Waals surface area contributed by atoms with Gasteiger partial charge in [-0.1, -0.05) is 18.7 Å². The van der Waals surface area contributed by atoms with Gasteiger partial charge in [-0.3, -0.25) is 14.2 Å². The second-order valence-electron chi connectivity index (χ2n) is 7.44. The Labute approximate surface area is 166 Å². The molecule has 0 unspecified atom stereocenters. The lowest BCUT2D eigenvalue weighted by Gasteiger charge is -2.18. The van der Waals surface area contributed by atoms with Gasteiger partial charge < -0.3 is 10.1 Å². The van der Waals surface area contributed by atoms with Crippen LogP contribution in [0.25, 0.3) is 10.2 Å². The predicted octanol–water partition coefficient (Wildman–Crippen LogP) is 2.60. The Balaban J connectivity index is 1.78. The van der Waals surface area contributed by atoms with Gasteiger partial charge in [-0.2, -0.15) is 0 Å². The molecule has 8 heteroatoms. The number of thiophene rings is 1. The van der Waals surface area contributed by atoms with E-state index in [-0.39, 0.29) is 23.3 Å². The van der Waals surface area contributed by atoms with Gasteiger partial charge in [0.2, 0.25) is 5.91 Å². The molecule has 2 atom stereocenters. The molecular formula is C19H25N3O3S2. The maximum atomic E-state index is 13.4. The van der Waals surface area contributed by atoms with E-state index in [0.717, 1.165) is 48.9 Å². The van der Waals surface area contributed by atoms with E-state index < -0.39 is 0 Å². The van der Waals surface area contributed by atoms with Gasteiger partial charge in [0.15, 0.2) is 5.16 Å². The van der Waals surface area contributed by atoms with E-state index in [2.05, 4.69) is 12.2 Å². The summed E-state index contributed by atoms with van der Waals surface area (Å²) in [5, 5.41) is 4.05. The van der Waals surface area contributed by atoms with Crippen LogP contribution in [0.2, 0.25) is 0 Å². The maximum Gasteiger partial charge on any atom is 0.263 e. The number of carbonyl (C=O) groups excluding carboxylic acids is 1. The molecule has 2 aromatic rings. The standard InChI is InChI=1S/C19H25N3O3S2/c1-11-5-6-13-14(8-11)27-17-16(13)18(24)22(9-12-4-3-7-25-12)19(21-17)26-10-15(23)20-2/h11-12H,3-10H2,1-2H3,(H,20,23)/t11-,12-/m0/s1. The van der Waals surface area contributed by atoms with Crippen molar-refractivity contribution in [3.05, 3.63) is 20.8 Å². The van der Waals surface area contributed by atoms with Crippen LogP contribution < -0.4 is 10.9 Å². The van der Waals surface area contributed by atoms with Crippen molar-refractivity contribution < 1.29 is 9.53 Å². The number of amides is 1. The van der Waals surface area contributed by atoms with Crippen molar-refractivity contribution in [2.45, 2.75) is 56.8 Å². The molecule has 1 aliphatic carbocycles. The Morgan fingerprint density at radius 2 is 2.30 bits per heavy atom. The normalized spacial score (nSPS) is 22.1. The molecule has 0 aromatic carbocycles. The number of nitrogens with zero attached hydrogens (tertiary/aromatic N) is 2. The summed E-state index contributed by atoms with van der Waals surface area (Å²) in [7, 11) is 1.62. The first kappa shape index (κ1) is 19.0. The predicted molar refractivity (Wildman–Crippen MR) is 109 cm³/mol. The van der Waals surface area contributed by atoms with Gasteiger partial charge in [-0.15, -0.1) is 11.3 Å². The number of ether oxygens (including phenoxy) is 1. The Kier molecular flexibility index (Phi) is 5.57. The minimum atomic E-state index is -0.0719. The van der Waals surface area contributed by atoms with Crippen LogP contribution in [0.3, 0.4) is 0 Å². The molecule has 1 saturated heterocycles. The van der Waals surface area contributed by atoms with Crippen LogP contribution in [0.5, 0.6) is 0 Å². The second-order valence-corrected chi connectivity index (χ2v) is 9.47. The minimum Gasteiger partial charge on any atom is -0.376 e. The van der Waals surface area contributed by atoms with Gasteiger partial charge in [0.25, 0.3) is 5.56 Å². The quantitative estimate of drug-likeness (QED) is 0.609. The molecule has 2 aliphatic rings. The molecule has 27 heavy (non-hydrogen) atoms. The highest BCUT2D eigenvalue weighted by Crippen LogP contribution is 2.36. The first-order valence-electron chi connectivity index (χ1n) is 9.57. The zero-order chi connectivity index (χ0) is 19.0. The van der Waals surface area contributed by atoms with Gasteiger partial charge in [0, 0.05) is 18.5 Å². The lowest BCUT2D eigenvalue weighted by atomic mass is 9.89. The van der Waals surface area contributed by atoms with E-state index in [0.29, 0.717) is 17.6 Å². The number of hydrogen-bond acceptors (Lipinski definition) is 6. The van der Waals surface area contributed by atoms with E-state index in [9.17, 15) is 9.59 Å². The molecule has 1 amide bonds. The number of nitrogens with one attached hydrogen (secondary N) is 1. The molecule has 1 aliphatic heterocycles. The zero-order valence-electron chi connectivity index (χ0n) is 15.7. The summed E-state index contributed by atoms with van der Waals surface area (Å²) in [5.74, 6) is 0.835. The van der Waals surface area contributed by atoms with Crippen LogP contribution in [0, 0.1) is 5.92 Å². The summed E-state index contributed by atoms with van der Waals surface area (Å²) in [5.41, 5.74) is 1.23. The fraction of sp³-hybridized carbons (Fsp3) is 0.632. The highest BCUT2D eigenvalue weighted by Gasteiger charge is 2.26. The largest absolute Gasteiger partial charge is 0.376 e. The first-order chi connectivity index (χ1) is 13.1. The van der Waals surface area contributed by atoms with E-state index in [1.807, 2.05) is 0 Å². The number of aromatic nitrogens is 2.